The molecule has 0 heterocycles. The molecule has 0 saturated carbocycles. The molecule has 2 rings (SSSR count). The van der Waals surface area contributed by atoms with Gasteiger partial charge in [-0.05, 0) is 31.2 Å². The summed E-state index contributed by atoms with van der Waals surface area (Å²) < 4.78 is 39.8. The van der Waals surface area contributed by atoms with Crippen LogP contribution in [0.3, 0.4) is 0 Å². The van der Waals surface area contributed by atoms with Crippen molar-refractivity contribution >= 4 is 23.2 Å². The smallest absolute Gasteiger partial charge is 0.282 e. The Bertz CT molecular complexity index is 755. The summed E-state index contributed by atoms with van der Waals surface area (Å²) in [5, 5.41) is 2.89. The molecule has 0 saturated heterocycles. The van der Waals surface area contributed by atoms with Crippen molar-refractivity contribution in [2.75, 3.05) is 12.4 Å². The van der Waals surface area contributed by atoms with Gasteiger partial charge in [0.2, 0.25) is 0 Å². The largest absolute Gasteiger partial charge is 0.324 e. The van der Waals surface area contributed by atoms with E-state index in [1.54, 1.807) is 26.1 Å². The summed E-state index contributed by atoms with van der Waals surface area (Å²) in [5.74, 6) is -4.83. The number of hydrogen-bond acceptors (Lipinski definition) is 1. The van der Waals surface area contributed by atoms with E-state index < -0.39 is 29.4 Å². The first kappa shape index (κ1) is 18.3. The topological polar surface area (TPSA) is 33.5 Å². The number of carbonyl (C=O) groups is 1. The molecule has 128 valence electrons. The number of halogens is 4. The molecular weight excluding hydrogens is 341 g/mol. The molecule has 0 bridgehead atoms. The van der Waals surface area contributed by atoms with E-state index in [1.807, 2.05) is 12.1 Å². The first-order chi connectivity index (χ1) is 11.3. The van der Waals surface area contributed by atoms with Crippen LogP contribution in [0.2, 0.25) is 5.02 Å². The van der Waals surface area contributed by atoms with Crippen LogP contribution in [-0.4, -0.2) is 19.0 Å². The van der Waals surface area contributed by atoms with Crippen molar-refractivity contribution in [1.82, 2.24) is 0 Å². The van der Waals surface area contributed by atoms with E-state index in [2.05, 4.69) is 5.32 Å². The molecule has 1 unspecified atom stereocenters. The molecule has 0 radical (unpaired) electrons. The van der Waals surface area contributed by atoms with Crippen LogP contribution in [0.15, 0.2) is 36.4 Å². The van der Waals surface area contributed by atoms with Gasteiger partial charge in [0.05, 0.1) is 12.7 Å². The highest BCUT2D eigenvalue weighted by atomic mass is 35.5. The monoisotopic (exact) mass is 357 g/mol. The molecule has 0 aliphatic heterocycles. The van der Waals surface area contributed by atoms with Gasteiger partial charge >= 0.3 is 0 Å². The SMILES string of the molecule is C[C@H](C(=O)Nc1ccc(F)c(F)c1F)[NH+](C)Cc1cccc(Cl)c1. The Morgan fingerprint density at radius 3 is 2.58 bits per heavy atom. The Labute approximate surface area is 143 Å². The molecule has 0 fully saturated rings. The average Bonchev–Trinajstić information content (AvgIpc) is 2.54. The molecule has 2 aromatic carbocycles. The van der Waals surface area contributed by atoms with Crippen molar-refractivity contribution in [3.63, 3.8) is 0 Å². The highest BCUT2D eigenvalue weighted by Gasteiger charge is 2.24. The van der Waals surface area contributed by atoms with Crippen LogP contribution in [0.5, 0.6) is 0 Å². The van der Waals surface area contributed by atoms with E-state index in [-0.39, 0.29) is 5.69 Å². The number of amides is 1. The van der Waals surface area contributed by atoms with Gasteiger partial charge in [-0.2, -0.15) is 0 Å². The molecule has 0 aromatic heterocycles. The number of carbonyl (C=O) groups excluding carboxylic acids is 1. The molecule has 3 nitrogen and oxygen atoms in total. The lowest BCUT2D eigenvalue weighted by Crippen LogP contribution is -3.12. The molecule has 7 heteroatoms. The van der Waals surface area contributed by atoms with Crippen molar-refractivity contribution in [2.24, 2.45) is 0 Å². The second-order valence-corrected chi connectivity index (χ2v) is 6.02. The third-order valence-corrected chi connectivity index (χ3v) is 4.03. The third kappa shape index (κ3) is 4.27. The zero-order valence-electron chi connectivity index (χ0n) is 13.2. The maximum atomic E-state index is 13.6. The van der Waals surface area contributed by atoms with Crippen molar-refractivity contribution in [3.05, 3.63) is 64.4 Å². The van der Waals surface area contributed by atoms with Gasteiger partial charge in [-0.25, -0.2) is 13.2 Å². The van der Waals surface area contributed by atoms with Crippen LogP contribution in [-0.2, 0) is 11.3 Å². The first-order valence-electron chi connectivity index (χ1n) is 7.30. The van der Waals surface area contributed by atoms with Gasteiger partial charge in [-0.15, -0.1) is 0 Å². The number of benzene rings is 2. The van der Waals surface area contributed by atoms with E-state index in [0.717, 1.165) is 22.6 Å². The minimum atomic E-state index is -1.61. The fraction of sp³-hybridized carbons (Fsp3) is 0.235. The lowest BCUT2D eigenvalue weighted by Gasteiger charge is -2.21. The van der Waals surface area contributed by atoms with Gasteiger partial charge in [-0.3, -0.25) is 4.79 Å². The van der Waals surface area contributed by atoms with Crippen LogP contribution >= 0.6 is 11.6 Å². The first-order valence-corrected chi connectivity index (χ1v) is 7.68. The minimum absolute atomic E-state index is 0.388. The third-order valence-electron chi connectivity index (χ3n) is 3.80. The molecule has 2 N–H and O–H groups in total. The zero-order valence-corrected chi connectivity index (χ0v) is 13.9. The Balaban J connectivity index is 2.05. The van der Waals surface area contributed by atoms with Crippen molar-refractivity contribution < 1.29 is 22.9 Å². The summed E-state index contributed by atoms with van der Waals surface area (Å²) in [7, 11) is 1.80. The Hall–Kier alpha value is -2.05. The zero-order chi connectivity index (χ0) is 17.9. The summed E-state index contributed by atoms with van der Waals surface area (Å²) in [4.78, 5) is 13.0. The molecule has 0 aliphatic rings. The minimum Gasteiger partial charge on any atom is -0.324 e. The number of likely N-dealkylation sites (N-methyl/N-ethyl adjacent to an activating group) is 1. The Morgan fingerprint density at radius 1 is 1.21 bits per heavy atom. The Morgan fingerprint density at radius 2 is 1.92 bits per heavy atom. The normalized spacial score (nSPS) is 13.4. The number of quaternary nitrogens is 1. The fourth-order valence-corrected chi connectivity index (χ4v) is 2.42. The van der Waals surface area contributed by atoms with E-state index >= 15 is 0 Å². The molecule has 0 spiro atoms. The molecular formula is C17H17ClF3N2O+. The van der Waals surface area contributed by atoms with Gasteiger partial charge in [0.1, 0.15) is 6.54 Å². The number of nitrogens with one attached hydrogen (secondary N) is 2. The fourth-order valence-electron chi connectivity index (χ4n) is 2.21. The van der Waals surface area contributed by atoms with Crippen molar-refractivity contribution in [1.29, 1.82) is 0 Å². The predicted octanol–water partition coefficient (Wildman–Crippen LogP) is 2.80. The van der Waals surface area contributed by atoms with Crippen LogP contribution in [0.25, 0.3) is 0 Å². The van der Waals surface area contributed by atoms with Crippen molar-refractivity contribution in [2.45, 2.75) is 19.5 Å². The molecule has 0 aliphatic carbocycles. The number of rotatable bonds is 5. The second kappa shape index (κ2) is 7.68. The van der Waals surface area contributed by atoms with E-state index in [9.17, 15) is 18.0 Å². The lowest BCUT2D eigenvalue weighted by atomic mass is 10.2. The molecule has 1 amide bonds. The maximum Gasteiger partial charge on any atom is 0.282 e. The van der Waals surface area contributed by atoms with Gasteiger partial charge in [0.15, 0.2) is 23.5 Å². The average molecular weight is 358 g/mol. The van der Waals surface area contributed by atoms with Gasteiger partial charge in [0, 0.05) is 10.6 Å². The maximum absolute atomic E-state index is 13.6. The summed E-state index contributed by atoms with van der Waals surface area (Å²) in [6, 6.07) is 8.46. The van der Waals surface area contributed by atoms with Crippen LogP contribution in [0.4, 0.5) is 18.9 Å². The number of anilines is 1. The summed E-state index contributed by atoms with van der Waals surface area (Å²) >= 11 is 5.93. The van der Waals surface area contributed by atoms with Crippen molar-refractivity contribution in [3.8, 4) is 0 Å². The van der Waals surface area contributed by atoms with Gasteiger partial charge < -0.3 is 10.2 Å². The van der Waals surface area contributed by atoms with E-state index in [1.165, 1.54) is 0 Å². The summed E-state index contributed by atoms with van der Waals surface area (Å²) in [5.41, 5.74) is 0.556. The lowest BCUT2D eigenvalue weighted by molar-refractivity contribution is -0.907. The highest BCUT2D eigenvalue weighted by Crippen LogP contribution is 2.19. The molecule has 2 aromatic rings. The Kier molecular flexibility index (Phi) is 5.85. The van der Waals surface area contributed by atoms with Gasteiger partial charge in [-0.1, -0.05) is 23.7 Å². The summed E-state index contributed by atoms with van der Waals surface area (Å²) in [6.07, 6.45) is 0. The van der Waals surface area contributed by atoms with Gasteiger partial charge in [0.25, 0.3) is 5.91 Å². The molecule has 24 heavy (non-hydrogen) atoms. The van der Waals surface area contributed by atoms with Crippen LogP contribution in [0, 0.1) is 17.5 Å². The van der Waals surface area contributed by atoms with Crippen LogP contribution < -0.4 is 10.2 Å². The number of hydrogen-bond donors (Lipinski definition) is 2. The van der Waals surface area contributed by atoms with Crippen LogP contribution in [0.1, 0.15) is 12.5 Å². The predicted molar refractivity (Wildman–Crippen MR) is 86.5 cm³/mol. The second-order valence-electron chi connectivity index (χ2n) is 5.59. The summed E-state index contributed by atoms with van der Waals surface area (Å²) in [6.45, 7) is 2.18. The quantitative estimate of drug-likeness (QED) is 0.793. The molecule has 2 atom stereocenters. The highest BCUT2D eigenvalue weighted by molar-refractivity contribution is 6.30. The standard InChI is InChI=1S/C17H16ClF3N2O/c1-10(23(2)9-11-4-3-5-12(18)8-11)17(24)22-14-7-6-13(19)15(20)16(14)21/h3-8,10H,9H2,1-2H3,(H,22,24)/p+1/t10-/m1/s1. The van der Waals surface area contributed by atoms with E-state index in [0.29, 0.717) is 11.6 Å². The van der Waals surface area contributed by atoms with E-state index in [4.69, 9.17) is 11.6 Å².